The van der Waals surface area contributed by atoms with Gasteiger partial charge in [0.1, 0.15) is 5.82 Å². The van der Waals surface area contributed by atoms with Crippen LogP contribution in [-0.2, 0) is 15.3 Å². The van der Waals surface area contributed by atoms with Gasteiger partial charge in [-0.25, -0.2) is 4.39 Å². The van der Waals surface area contributed by atoms with Crippen molar-refractivity contribution in [2.45, 2.75) is 18.8 Å². The van der Waals surface area contributed by atoms with Crippen molar-refractivity contribution in [3.8, 4) is 0 Å². The molecule has 0 aliphatic carbocycles. The van der Waals surface area contributed by atoms with Gasteiger partial charge >= 0.3 is 0 Å². The lowest BCUT2D eigenvalue weighted by atomic mass is 10.1. The number of hydrogen-bond donors (Lipinski definition) is 1. The topological polar surface area (TPSA) is 30.5 Å². The van der Waals surface area contributed by atoms with Gasteiger partial charge in [-0.3, -0.25) is 0 Å². The number of nitrogens with one attached hydrogen (secondary N) is 1. The summed E-state index contributed by atoms with van der Waals surface area (Å²) in [6, 6.07) is 6.42. The van der Waals surface area contributed by atoms with Crippen LogP contribution in [-0.4, -0.2) is 26.3 Å². The van der Waals surface area contributed by atoms with Crippen molar-refractivity contribution in [3.63, 3.8) is 0 Å². The van der Waals surface area contributed by atoms with Crippen molar-refractivity contribution in [3.05, 3.63) is 35.6 Å². The Morgan fingerprint density at radius 1 is 1.25 bits per heavy atom. The van der Waals surface area contributed by atoms with E-state index < -0.39 is 5.79 Å². The summed E-state index contributed by atoms with van der Waals surface area (Å²) in [4.78, 5) is 0. The zero-order chi connectivity index (χ0) is 11.6. The predicted molar refractivity (Wildman–Crippen MR) is 58.5 cm³/mol. The summed E-state index contributed by atoms with van der Waals surface area (Å²) < 4.78 is 24.2. The first-order valence-electron chi connectivity index (χ1n) is 5.35. The molecule has 4 heteroatoms. The summed E-state index contributed by atoms with van der Waals surface area (Å²) in [6.45, 7) is 3.03. The van der Waals surface area contributed by atoms with Gasteiger partial charge in [-0.15, -0.1) is 0 Å². The van der Waals surface area contributed by atoms with Crippen LogP contribution in [0.4, 0.5) is 4.39 Å². The number of hydrogen-bond acceptors (Lipinski definition) is 3. The van der Waals surface area contributed by atoms with Gasteiger partial charge in [0.15, 0.2) is 5.79 Å². The Morgan fingerprint density at radius 3 is 2.31 bits per heavy atom. The average molecular weight is 225 g/mol. The Labute approximate surface area is 94.6 Å². The summed E-state index contributed by atoms with van der Waals surface area (Å²) in [5, 5.41) is 3.09. The van der Waals surface area contributed by atoms with E-state index in [0.717, 1.165) is 5.56 Å². The molecule has 0 unspecified atom stereocenters. The molecule has 1 aromatic carbocycles. The molecule has 88 valence electrons. The number of halogens is 1. The zero-order valence-electron chi connectivity index (χ0n) is 9.50. The molecule has 1 N–H and O–H groups in total. The predicted octanol–water partition coefficient (Wildman–Crippen LogP) is 1.63. The maximum atomic E-state index is 12.8. The minimum Gasteiger partial charge on any atom is -0.344 e. The Balaban J connectivity index is 2.11. The average Bonchev–Trinajstić information content (AvgIpc) is 2.31. The molecule has 1 aliphatic heterocycles. The second-order valence-electron chi connectivity index (χ2n) is 4.06. The molecule has 0 amide bonds. The van der Waals surface area contributed by atoms with Crippen LogP contribution < -0.4 is 5.32 Å². The maximum Gasteiger partial charge on any atom is 0.192 e. The van der Waals surface area contributed by atoms with Gasteiger partial charge in [-0.2, -0.15) is 0 Å². The molecule has 0 atom stereocenters. The minimum atomic E-state index is -0.763. The first kappa shape index (κ1) is 11.5. The first-order chi connectivity index (χ1) is 7.64. The van der Waals surface area contributed by atoms with Gasteiger partial charge in [-0.05, 0) is 26.1 Å². The lowest BCUT2D eigenvalue weighted by molar-refractivity contribution is -0.272. The SMILES string of the molecule is CNC1COC(C)(c2ccc(F)cc2)OC1. The van der Waals surface area contributed by atoms with Gasteiger partial charge in [0.25, 0.3) is 0 Å². The molecule has 0 bridgehead atoms. The fourth-order valence-electron chi connectivity index (χ4n) is 1.69. The first-order valence-corrected chi connectivity index (χ1v) is 5.35. The second kappa shape index (κ2) is 4.49. The summed E-state index contributed by atoms with van der Waals surface area (Å²) >= 11 is 0. The highest BCUT2D eigenvalue weighted by atomic mass is 19.1. The van der Waals surface area contributed by atoms with E-state index in [-0.39, 0.29) is 11.9 Å². The maximum absolute atomic E-state index is 12.8. The monoisotopic (exact) mass is 225 g/mol. The molecule has 16 heavy (non-hydrogen) atoms. The highest BCUT2D eigenvalue weighted by Crippen LogP contribution is 2.30. The summed E-state index contributed by atoms with van der Waals surface area (Å²) in [7, 11) is 1.87. The Hall–Kier alpha value is -0.970. The molecule has 1 heterocycles. The third-order valence-corrected chi connectivity index (χ3v) is 2.90. The van der Waals surface area contributed by atoms with Crippen LogP contribution in [0.2, 0.25) is 0 Å². The van der Waals surface area contributed by atoms with Crippen LogP contribution in [0.1, 0.15) is 12.5 Å². The Bertz CT molecular complexity index is 345. The van der Waals surface area contributed by atoms with E-state index in [4.69, 9.17) is 9.47 Å². The van der Waals surface area contributed by atoms with E-state index in [2.05, 4.69) is 5.32 Å². The van der Waals surface area contributed by atoms with Crippen LogP contribution in [0.25, 0.3) is 0 Å². The highest BCUT2D eigenvalue weighted by Gasteiger charge is 2.34. The standard InChI is InChI=1S/C12H16FNO2/c1-12(9-3-5-10(13)6-4-9)15-7-11(14-2)8-16-12/h3-6,11,14H,7-8H2,1-2H3. The van der Waals surface area contributed by atoms with Crippen LogP contribution >= 0.6 is 0 Å². The molecule has 0 radical (unpaired) electrons. The van der Waals surface area contributed by atoms with Crippen LogP contribution in [0.15, 0.2) is 24.3 Å². The van der Waals surface area contributed by atoms with Crippen molar-refractivity contribution in [2.75, 3.05) is 20.3 Å². The zero-order valence-corrected chi connectivity index (χ0v) is 9.50. The number of rotatable bonds is 2. The van der Waals surface area contributed by atoms with Crippen molar-refractivity contribution >= 4 is 0 Å². The summed E-state index contributed by atoms with van der Waals surface area (Å²) in [5.41, 5.74) is 0.837. The van der Waals surface area contributed by atoms with Gasteiger partial charge in [0, 0.05) is 5.56 Å². The number of benzene rings is 1. The summed E-state index contributed by atoms with van der Waals surface area (Å²) in [6.07, 6.45) is 0. The Kier molecular flexibility index (Phi) is 3.23. The third kappa shape index (κ3) is 2.24. The summed E-state index contributed by atoms with van der Waals surface area (Å²) in [5.74, 6) is -1.02. The second-order valence-corrected chi connectivity index (χ2v) is 4.06. The smallest absolute Gasteiger partial charge is 0.192 e. The molecular weight excluding hydrogens is 209 g/mol. The number of ether oxygens (including phenoxy) is 2. The van der Waals surface area contributed by atoms with Crippen molar-refractivity contribution in [1.82, 2.24) is 5.32 Å². The quantitative estimate of drug-likeness (QED) is 0.830. The number of likely N-dealkylation sites (N-methyl/N-ethyl adjacent to an activating group) is 1. The van der Waals surface area contributed by atoms with Crippen molar-refractivity contribution in [2.24, 2.45) is 0 Å². The van der Waals surface area contributed by atoms with E-state index >= 15 is 0 Å². The van der Waals surface area contributed by atoms with E-state index in [1.165, 1.54) is 12.1 Å². The largest absolute Gasteiger partial charge is 0.344 e. The van der Waals surface area contributed by atoms with E-state index in [1.54, 1.807) is 12.1 Å². The molecule has 1 aliphatic rings. The molecule has 1 fully saturated rings. The van der Waals surface area contributed by atoms with Gasteiger partial charge < -0.3 is 14.8 Å². The molecule has 1 aromatic rings. The van der Waals surface area contributed by atoms with Crippen LogP contribution in [0.5, 0.6) is 0 Å². The van der Waals surface area contributed by atoms with Crippen LogP contribution in [0, 0.1) is 5.82 Å². The lowest BCUT2D eigenvalue weighted by Crippen LogP contribution is -2.47. The molecular formula is C12H16FNO2. The Morgan fingerprint density at radius 2 is 1.81 bits per heavy atom. The van der Waals surface area contributed by atoms with Gasteiger partial charge in [0.2, 0.25) is 0 Å². The molecule has 0 aromatic heterocycles. The van der Waals surface area contributed by atoms with E-state index in [0.29, 0.717) is 13.2 Å². The van der Waals surface area contributed by atoms with Gasteiger partial charge in [-0.1, -0.05) is 12.1 Å². The molecule has 2 rings (SSSR count). The van der Waals surface area contributed by atoms with E-state index in [9.17, 15) is 4.39 Å². The minimum absolute atomic E-state index is 0.216. The molecule has 0 saturated carbocycles. The van der Waals surface area contributed by atoms with Gasteiger partial charge in [0.05, 0.1) is 19.3 Å². The van der Waals surface area contributed by atoms with E-state index in [1.807, 2.05) is 14.0 Å². The highest BCUT2D eigenvalue weighted by molar-refractivity contribution is 5.21. The van der Waals surface area contributed by atoms with Crippen LogP contribution in [0.3, 0.4) is 0 Å². The molecule has 3 nitrogen and oxygen atoms in total. The lowest BCUT2D eigenvalue weighted by Gasteiger charge is -2.37. The fraction of sp³-hybridized carbons (Fsp3) is 0.500. The van der Waals surface area contributed by atoms with Crippen molar-refractivity contribution < 1.29 is 13.9 Å². The normalized spacial score (nSPS) is 30.3. The molecule has 1 saturated heterocycles. The molecule has 0 spiro atoms. The van der Waals surface area contributed by atoms with Crippen molar-refractivity contribution in [1.29, 1.82) is 0 Å². The fourth-order valence-corrected chi connectivity index (χ4v) is 1.69. The third-order valence-electron chi connectivity index (χ3n) is 2.90.